The third kappa shape index (κ3) is 4.32. The lowest BCUT2D eigenvalue weighted by Crippen LogP contribution is -2.50. The van der Waals surface area contributed by atoms with E-state index in [1.165, 1.54) is 25.3 Å². The topological polar surface area (TPSA) is 106 Å². The fourth-order valence-electron chi connectivity index (χ4n) is 2.94. The summed E-state index contributed by atoms with van der Waals surface area (Å²) in [6.45, 7) is 3.33. The van der Waals surface area contributed by atoms with Gasteiger partial charge in [0, 0.05) is 50.6 Å². The number of hydrogen-bond donors (Lipinski definition) is 1. The quantitative estimate of drug-likeness (QED) is 0.873. The van der Waals surface area contributed by atoms with Gasteiger partial charge in [-0.3, -0.25) is 19.4 Å². The van der Waals surface area contributed by atoms with Crippen LogP contribution in [0.2, 0.25) is 0 Å². The van der Waals surface area contributed by atoms with E-state index < -0.39 is 5.91 Å². The van der Waals surface area contributed by atoms with Crippen molar-refractivity contribution in [2.75, 3.05) is 31.5 Å². The van der Waals surface area contributed by atoms with Crippen LogP contribution < -0.4 is 5.32 Å². The van der Waals surface area contributed by atoms with Crippen LogP contribution in [0.1, 0.15) is 33.3 Å². The molecule has 3 rings (SSSR count). The van der Waals surface area contributed by atoms with Crippen LogP contribution in [-0.2, 0) is 4.79 Å². The highest BCUT2D eigenvalue weighted by molar-refractivity contribution is 6.05. The van der Waals surface area contributed by atoms with Gasteiger partial charge in [0.25, 0.3) is 11.8 Å². The molecule has 3 amide bonds. The molecule has 142 valence electrons. The van der Waals surface area contributed by atoms with E-state index in [1.54, 1.807) is 34.1 Å². The Kier molecular flexibility index (Phi) is 5.65. The van der Waals surface area contributed by atoms with Crippen LogP contribution in [0.4, 0.5) is 5.69 Å². The average molecular weight is 377 g/mol. The van der Waals surface area contributed by atoms with Gasteiger partial charge in [-0.25, -0.2) is 0 Å². The second-order valence-corrected chi connectivity index (χ2v) is 6.37. The molecule has 0 unspecified atom stereocenters. The first-order chi connectivity index (χ1) is 13.5. The Morgan fingerprint density at radius 3 is 2.46 bits per heavy atom. The molecule has 0 atom stereocenters. The van der Waals surface area contributed by atoms with Crippen molar-refractivity contribution in [1.29, 1.82) is 5.26 Å². The van der Waals surface area contributed by atoms with E-state index >= 15 is 0 Å². The predicted octanol–water partition coefficient (Wildman–Crippen LogP) is 1.51. The van der Waals surface area contributed by atoms with Crippen molar-refractivity contribution in [2.45, 2.75) is 6.92 Å². The van der Waals surface area contributed by atoms with Crippen LogP contribution in [0.5, 0.6) is 0 Å². The van der Waals surface area contributed by atoms with E-state index in [-0.39, 0.29) is 17.5 Å². The Labute approximate surface area is 162 Å². The van der Waals surface area contributed by atoms with Crippen LogP contribution in [0.25, 0.3) is 0 Å². The highest BCUT2D eigenvalue weighted by atomic mass is 16.2. The van der Waals surface area contributed by atoms with Gasteiger partial charge >= 0.3 is 0 Å². The van der Waals surface area contributed by atoms with Crippen LogP contribution >= 0.6 is 0 Å². The standard InChI is InChI=1S/C20H19N5O3/c1-14(26)24-7-9-25(10-8-24)20(28)18-12-16(5-6-22-18)19(27)23-17-4-2-3-15(11-17)13-21/h2-6,11-12H,7-10H2,1H3,(H,23,27). The first kappa shape index (κ1) is 19.0. The number of piperazine rings is 1. The lowest BCUT2D eigenvalue weighted by Gasteiger charge is -2.34. The number of carbonyl (C=O) groups is 3. The fraction of sp³-hybridized carbons (Fsp3) is 0.250. The van der Waals surface area contributed by atoms with Gasteiger partial charge in [0.15, 0.2) is 0 Å². The third-order valence-electron chi connectivity index (χ3n) is 4.50. The summed E-state index contributed by atoms with van der Waals surface area (Å²) in [5.41, 5.74) is 1.40. The molecule has 2 heterocycles. The molecule has 1 saturated heterocycles. The van der Waals surface area contributed by atoms with E-state index in [2.05, 4.69) is 10.3 Å². The Morgan fingerprint density at radius 2 is 1.79 bits per heavy atom. The maximum Gasteiger partial charge on any atom is 0.272 e. The highest BCUT2D eigenvalue weighted by Crippen LogP contribution is 2.13. The number of benzene rings is 1. The third-order valence-corrected chi connectivity index (χ3v) is 4.50. The molecule has 1 fully saturated rings. The molecule has 0 aliphatic carbocycles. The van der Waals surface area contributed by atoms with Gasteiger partial charge in [-0.2, -0.15) is 5.26 Å². The van der Waals surface area contributed by atoms with E-state index in [0.717, 1.165) is 0 Å². The molecule has 1 aliphatic rings. The summed E-state index contributed by atoms with van der Waals surface area (Å²) < 4.78 is 0. The molecular weight excluding hydrogens is 358 g/mol. The lowest BCUT2D eigenvalue weighted by atomic mass is 10.1. The largest absolute Gasteiger partial charge is 0.339 e. The monoisotopic (exact) mass is 377 g/mol. The maximum absolute atomic E-state index is 12.7. The summed E-state index contributed by atoms with van der Waals surface area (Å²) in [6, 6.07) is 11.6. The second kappa shape index (κ2) is 8.31. The van der Waals surface area contributed by atoms with Crippen molar-refractivity contribution in [3.8, 4) is 6.07 Å². The van der Waals surface area contributed by atoms with Gasteiger partial charge in [-0.1, -0.05) is 6.07 Å². The zero-order valence-electron chi connectivity index (χ0n) is 15.4. The number of carbonyl (C=O) groups excluding carboxylic acids is 3. The minimum atomic E-state index is -0.395. The first-order valence-electron chi connectivity index (χ1n) is 8.80. The van der Waals surface area contributed by atoms with E-state index in [0.29, 0.717) is 43.0 Å². The number of aromatic nitrogens is 1. The van der Waals surface area contributed by atoms with Crippen LogP contribution in [0, 0.1) is 11.3 Å². The molecule has 0 saturated carbocycles. The number of amides is 3. The molecule has 0 spiro atoms. The first-order valence-corrected chi connectivity index (χ1v) is 8.80. The van der Waals surface area contributed by atoms with E-state index in [1.807, 2.05) is 6.07 Å². The van der Waals surface area contributed by atoms with Gasteiger partial charge in [0.1, 0.15) is 5.69 Å². The molecule has 1 aromatic heterocycles. The number of pyridine rings is 1. The number of nitrogens with zero attached hydrogens (tertiary/aromatic N) is 4. The summed E-state index contributed by atoms with van der Waals surface area (Å²) in [5, 5.41) is 11.7. The molecule has 28 heavy (non-hydrogen) atoms. The molecule has 8 nitrogen and oxygen atoms in total. The summed E-state index contributed by atoms with van der Waals surface area (Å²) >= 11 is 0. The zero-order chi connectivity index (χ0) is 20.1. The summed E-state index contributed by atoms with van der Waals surface area (Å²) in [5.74, 6) is -0.679. The highest BCUT2D eigenvalue weighted by Gasteiger charge is 2.24. The molecular formula is C20H19N5O3. The predicted molar refractivity (Wildman–Crippen MR) is 102 cm³/mol. The molecule has 1 aromatic carbocycles. The minimum absolute atomic E-state index is 0.00985. The minimum Gasteiger partial charge on any atom is -0.339 e. The molecule has 1 aliphatic heterocycles. The number of rotatable bonds is 3. The van der Waals surface area contributed by atoms with Gasteiger partial charge in [0.05, 0.1) is 11.6 Å². The van der Waals surface area contributed by atoms with E-state index in [9.17, 15) is 14.4 Å². The number of nitriles is 1. The Balaban J connectivity index is 1.69. The Hall–Kier alpha value is -3.73. The molecule has 0 radical (unpaired) electrons. The average Bonchev–Trinajstić information content (AvgIpc) is 2.73. The van der Waals surface area contributed by atoms with Crippen molar-refractivity contribution in [2.24, 2.45) is 0 Å². The number of hydrogen-bond acceptors (Lipinski definition) is 5. The SMILES string of the molecule is CC(=O)N1CCN(C(=O)c2cc(C(=O)Nc3cccc(C#N)c3)ccn2)CC1. The molecule has 1 N–H and O–H groups in total. The van der Waals surface area contributed by atoms with Crippen molar-refractivity contribution >= 4 is 23.4 Å². The smallest absolute Gasteiger partial charge is 0.272 e. The van der Waals surface area contributed by atoms with Crippen molar-refractivity contribution in [3.05, 3.63) is 59.4 Å². The molecule has 0 bridgehead atoms. The zero-order valence-corrected chi connectivity index (χ0v) is 15.4. The lowest BCUT2D eigenvalue weighted by molar-refractivity contribution is -0.130. The van der Waals surface area contributed by atoms with E-state index in [4.69, 9.17) is 5.26 Å². The summed E-state index contributed by atoms with van der Waals surface area (Å²) in [6.07, 6.45) is 1.42. The second-order valence-electron chi connectivity index (χ2n) is 6.37. The van der Waals surface area contributed by atoms with Gasteiger partial charge in [-0.05, 0) is 30.3 Å². The molecule has 8 heteroatoms. The van der Waals surface area contributed by atoms with Crippen LogP contribution in [0.3, 0.4) is 0 Å². The van der Waals surface area contributed by atoms with Gasteiger partial charge in [-0.15, -0.1) is 0 Å². The van der Waals surface area contributed by atoms with Crippen molar-refractivity contribution < 1.29 is 14.4 Å². The summed E-state index contributed by atoms with van der Waals surface area (Å²) in [7, 11) is 0. The van der Waals surface area contributed by atoms with Crippen LogP contribution in [-0.4, -0.2) is 58.7 Å². The number of nitrogens with one attached hydrogen (secondary N) is 1. The van der Waals surface area contributed by atoms with Crippen molar-refractivity contribution in [1.82, 2.24) is 14.8 Å². The number of anilines is 1. The Bertz CT molecular complexity index is 958. The van der Waals surface area contributed by atoms with Gasteiger partial charge < -0.3 is 15.1 Å². The van der Waals surface area contributed by atoms with Crippen molar-refractivity contribution in [3.63, 3.8) is 0 Å². The normalized spacial score (nSPS) is 13.6. The van der Waals surface area contributed by atoms with Gasteiger partial charge in [0.2, 0.25) is 5.91 Å². The molecule has 2 aromatic rings. The fourth-order valence-corrected chi connectivity index (χ4v) is 2.94. The Morgan fingerprint density at radius 1 is 1.07 bits per heavy atom. The van der Waals surface area contributed by atoms with Crippen LogP contribution in [0.15, 0.2) is 42.6 Å². The summed E-state index contributed by atoms with van der Waals surface area (Å²) in [4.78, 5) is 44.0. The maximum atomic E-state index is 12.7.